The lowest BCUT2D eigenvalue weighted by Gasteiger charge is -2.18. The minimum absolute atomic E-state index is 0. The number of rotatable bonds is 4. The van der Waals surface area contributed by atoms with Gasteiger partial charge in [0, 0.05) is 25.5 Å². The number of nitrogens with zero attached hydrogens (tertiary/aromatic N) is 2. The Morgan fingerprint density at radius 2 is 1.95 bits per heavy atom. The van der Waals surface area contributed by atoms with Crippen molar-refractivity contribution >= 4 is 35.7 Å². The first-order chi connectivity index (χ1) is 9.08. The first-order valence-electron chi connectivity index (χ1n) is 6.29. The highest BCUT2D eigenvalue weighted by Crippen LogP contribution is 2.17. The zero-order chi connectivity index (χ0) is 14.3. The molecule has 1 aromatic rings. The minimum atomic E-state index is -0.422. The zero-order valence-electron chi connectivity index (χ0n) is 12.3. The van der Waals surface area contributed by atoms with E-state index in [4.69, 9.17) is 4.74 Å². The molecule has 1 rings (SSSR count). The number of nitrogens with one attached hydrogen (secondary N) is 1. The molecule has 1 amide bonds. The maximum absolute atomic E-state index is 11.4. The molecule has 0 fully saturated rings. The number of hydrogen-bond acceptors (Lipinski definition) is 3. The molecule has 0 atom stereocenters. The predicted molar refractivity (Wildman–Crippen MR) is 86.4 cm³/mol. The highest BCUT2D eigenvalue weighted by Gasteiger charge is 2.05. The number of amidine groups is 1. The fraction of sp³-hybridized carbons (Fsp3) is 0.429. The Balaban J connectivity index is 0.00000361. The number of carbonyl (C=O) groups is 1. The van der Waals surface area contributed by atoms with Crippen LogP contribution in [0.2, 0.25) is 0 Å². The van der Waals surface area contributed by atoms with Gasteiger partial charge in [-0.1, -0.05) is 6.92 Å². The van der Waals surface area contributed by atoms with E-state index >= 15 is 0 Å². The molecule has 5 nitrogen and oxygen atoms in total. The smallest absolute Gasteiger partial charge is 0.411 e. The fourth-order valence-electron chi connectivity index (χ4n) is 1.45. The van der Waals surface area contributed by atoms with Crippen LogP contribution >= 0.6 is 12.4 Å². The third-order valence-electron chi connectivity index (χ3n) is 2.75. The van der Waals surface area contributed by atoms with Crippen LogP contribution < -0.4 is 10.2 Å². The maximum atomic E-state index is 11.4. The first kappa shape index (κ1) is 18.2. The Morgan fingerprint density at radius 1 is 1.35 bits per heavy atom. The van der Waals surface area contributed by atoms with Gasteiger partial charge in [-0.15, -0.1) is 12.4 Å². The van der Waals surface area contributed by atoms with Crippen LogP contribution in [0.5, 0.6) is 0 Å². The molecule has 1 N–H and O–H groups in total. The molecule has 0 aliphatic carbocycles. The molecule has 0 aliphatic rings. The number of halogens is 1. The van der Waals surface area contributed by atoms with E-state index in [1.807, 2.05) is 50.1 Å². The van der Waals surface area contributed by atoms with E-state index in [0.717, 1.165) is 17.9 Å². The Hall–Kier alpha value is -1.75. The molecule has 0 bridgehead atoms. The van der Waals surface area contributed by atoms with Gasteiger partial charge in [-0.2, -0.15) is 0 Å². The van der Waals surface area contributed by atoms with Gasteiger partial charge < -0.3 is 9.64 Å². The Bertz CT molecular complexity index is 446. The summed E-state index contributed by atoms with van der Waals surface area (Å²) in [6.45, 7) is 4.32. The first-order valence-corrected chi connectivity index (χ1v) is 6.29. The van der Waals surface area contributed by atoms with Crippen molar-refractivity contribution in [3.05, 3.63) is 24.3 Å². The van der Waals surface area contributed by atoms with Gasteiger partial charge in [-0.05, 0) is 37.6 Å². The normalized spacial score (nSPS) is 10.5. The highest BCUT2D eigenvalue weighted by atomic mass is 35.5. The lowest BCUT2D eigenvalue weighted by Crippen LogP contribution is -2.23. The van der Waals surface area contributed by atoms with Gasteiger partial charge in [0.1, 0.15) is 0 Å². The molecule has 0 spiro atoms. The van der Waals surface area contributed by atoms with Crippen molar-refractivity contribution in [1.29, 1.82) is 0 Å². The highest BCUT2D eigenvalue weighted by molar-refractivity contribution is 5.95. The molecule has 0 aromatic heterocycles. The molecule has 0 saturated carbocycles. The van der Waals surface area contributed by atoms with Crippen LogP contribution in [-0.2, 0) is 4.74 Å². The summed E-state index contributed by atoms with van der Waals surface area (Å²) >= 11 is 0. The summed E-state index contributed by atoms with van der Waals surface area (Å²) < 4.78 is 4.95. The molecule has 0 aliphatic heterocycles. The van der Waals surface area contributed by atoms with Gasteiger partial charge in [0.15, 0.2) is 0 Å². The fourth-order valence-corrected chi connectivity index (χ4v) is 1.45. The van der Waals surface area contributed by atoms with E-state index in [-0.39, 0.29) is 12.4 Å². The van der Waals surface area contributed by atoms with Crippen molar-refractivity contribution in [3.63, 3.8) is 0 Å². The summed E-state index contributed by atoms with van der Waals surface area (Å²) in [7, 11) is 3.70. The Labute approximate surface area is 126 Å². The maximum Gasteiger partial charge on any atom is 0.411 e. The number of carbonyl (C=O) groups excluding carboxylic acids is 1. The van der Waals surface area contributed by atoms with Crippen molar-refractivity contribution in [1.82, 2.24) is 0 Å². The van der Waals surface area contributed by atoms with Crippen LogP contribution in [0.4, 0.5) is 16.2 Å². The average Bonchev–Trinajstić information content (AvgIpc) is 2.44. The van der Waals surface area contributed by atoms with Gasteiger partial charge in [0.2, 0.25) is 0 Å². The molecular weight excluding hydrogens is 278 g/mol. The van der Waals surface area contributed by atoms with Crippen LogP contribution in [0.25, 0.3) is 0 Å². The molecule has 0 heterocycles. The van der Waals surface area contributed by atoms with Gasteiger partial charge in [-0.3, -0.25) is 10.3 Å². The number of ether oxygens (including phenoxy) is 1. The minimum Gasteiger partial charge on any atom is -0.449 e. The predicted octanol–water partition coefficient (Wildman–Crippen LogP) is 3.55. The average molecular weight is 300 g/mol. The molecule has 0 unspecified atom stereocenters. The lowest BCUT2D eigenvalue weighted by molar-refractivity contribution is 0.161. The number of aliphatic imine (C=N–C) groups is 1. The van der Waals surface area contributed by atoms with Crippen LogP contribution in [0.15, 0.2) is 29.3 Å². The van der Waals surface area contributed by atoms with Crippen molar-refractivity contribution in [3.8, 4) is 0 Å². The summed E-state index contributed by atoms with van der Waals surface area (Å²) in [6.07, 6.45) is 0.390. The number of benzene rings is 1. The molecule has 1 aromatic carbocycles. The van der Waals surface area contributed by atoms with Gasteiger partial charge >= 0.3 is 6.09 Å². The third kappa shape index (κ3) is 5.48. The molecule has 20 heavy (non-hydrogen) atoms. The molecule has 0 saturated heterocycles. The van der Waals surface area contributed by atoms with Crippen LogP contribution in [0.1, 0.15) is 20.3 Å². The van der Waals surface area contributed by atoms with Crippen molar-refractivity contribution < 1.29 is 9.53 Å². The summed E-state index contributed by atoms with van der Waals surface area (Å²) in [5.74, 6) is 0.920. The second-order valence-corrected chi connectivity index (χ2v) is 4.14. The number of hydrogen-bond donors (Lipinski definition) is 1. The Morgan fingerprint density at radius 3 is 2.45 bits per heavy atom. The monoisotopic (exact) mass is 299 g/mol. The van der Waals surface area contributed by atoms with E-state index in [9.17, 15) is 4.79 Å². The number of amides is 1. The second kappa shape index (κ2) is 9.20. The topological polar surface area (TPSA) is 53.9 Å². The quantitative estimate of drug-likeness (QED) is 0.683. The van der Waals surface area contributed by atoms with Crippen LogP contribution in [0, 0.1) is 0 Å². The van der Waals surface area contributed by atoms with Gasteiger partial charge in [-0.25, -0.2) is 4.79 Å². The standard InChI is InChI=1S/C14H21N3O2.ClH/c1-5-10-19-14(18)16-12-6-8-13(9-7-12)17(4)11(2)15-3;/h6-9H,5,10H2,1-4H3,(H,16,18);1H. The largest absolute Gasteiger partial charge is 0.449 e. The van der Waals surface area contributed by atoms with Crippen LogP contribution in [-0.4, -0.2) is 32.6 Å². The molecular formula is C14H22ClN3O2. The van der Waals surface area contributed by atoms with E-state index in [1.165, 1.54) is 0 Å². The summed E-state index contributed by atoms with van der Waals surface area (Å²) in [5, 5.41) is 2.68. The molecule has 112 valence electrons. The zero-order valence-corrected chi connectivity index (χ0v) is 13.2. The lowest BCUT2D eigenvalue weighted by atomic mass is 10.2. The summed E-state index contributed by atoms with van der Waals surface area (Å²) in [4.78, 5) is 17.5. The summed E-state index contributed by atoms with van der Waals surface area (Å²) in [5.41, 5.74) is 1.72. The van der Waals surface area contributed by atoms with Crippen molar-refractivity contribution in [2.75, 3.05) is 30.9 Å². The molecule has 0 radical (unpaired) electrons. The summed E-state index contributed by atoms with van der Waals surface area (Å²) in [6, 6.07) is 7.51. The van der Waals surface area contributed by atoms with E-state index in [2.05, 4.69) is 10.3 Å². The van der Waals surface area contributed by atoms with Crippen molar-refractivity contribution in [2.45, 2.75) is 20.3 Å². The number of anilines is 2. The van der Waals surface area contributed by atoms with E-state index < -0.39 is 6.09 Å². The Kier molecular flexibility index (Phi) is 8.40. The van der Waals surface area contributed by atoms with Gasteiger partial charge in [0.25, 0.3) is 0 Å². The second-order valence-electron chi connectivity index (χ2n) is 4.14. The van der Waals surface area contributed by atoms with Gasteiger partial charge in [0.05, 0.1) is 12.4 Å². The van der Waals surface area contributed by atoms with Crippen LogP contribution in [0.3, 0.4) is 0 Å². The molecule has 6 heteroatoms. The van der Waals surface area contributed by atoms with E-state index in [1.54, 1.807) is 7.05 Å². The van der Waals surface area contributed by atoms with Crippen molar-refractivity contribution in [2.24, 2.45) is 4.99 Å². The van der Waals surface area contributed by atoms with E-state index in [0.29, 0.717) is 12.3 Å². The third-order valence-corrected chi connectivity index (χ3v) is 2.75. The SMILES string of the molecule is CCCOC(=O)Nc1ccc(N(C)C(C)=NC)cc1.Cl.